The number of halogens is 3. The van der Waals surface area contributed by atoms with Gasteiger partial charge in [-0.2, -0.15) is 13.2 Å². The van der Waals surface area contributed by atoms with Crippen molar-refractivity contribution in [1.82, 2.24) is 15.2 Å². The summed E-state index contributed by atoms with van der Waals surface area (Å²) in [4.78, 5) is 26.9. The molecule has 0 fully saturated rings. The maximum absolute atomic E-state index is 12.0. The number of hydrogen-bond acceptors (Lipinski definition) is 4. The molecular formula is C11H14F3N3O3S. The van der Waals surface area contributed by atoms with Gasteiger partial charge in [0.1, 0.15) is 0 Å². The zero-order valence-corrected chi connectivity index (χ0v) is 11.9. The molecule has 10 heteroatoms. The lowest BCUT2D eigenvalue weighted by atomic mass is 10.4. The van der Waals surface area contributed by atoms with E-state index in [1.165, 1.54) is 12.4 Å². The molecule has 0 aliphatic rings. The first-order valence-electron chi connectivity index (χ1n) is 5.92. The van der Waals surface area contributed by atoms with E-state index in [-0.39, 0.29) is 12.2 Å². The number of nitrogens with zero attached hydrogens (tertiary/aromatic N) is 2. The normalized spacial score (nSPS) is 11.2. The number of thiazole rings is 1. The number of alkyl halides is 3. The molecule has 0 aromatic carbocycles. The quantitative estimate of drug-likeness (QED) is 0.838. The number of rotatable bonds is 6. The van der Waals surface area contributed by atoms with E-state index in [4.69, 9.17) is 5.11 Å². The summed E-state index contributed by atoms with van der Waals surface area (Å²) in [6.07, 6.45) is -5.05. The second kappa shape index (κ2) is 7.25. The smallest absolute Gasteiger partial charge is 0.390 e. The van der Waals surface area contributed by atoms with Crippen molar-refractivity contribution in [1.29, 1.82) is 0 Å². The fraction of sp³-hybridized carbons (Fsp3) is 0.545. The van der Waals surface area contributed by atoms with Crippen LogP contribution in [0.1, 0.15) is 21.9 Å². The lowest BCUT2D eigenvalue weighted by Crippen LogP contribution is -2.39. The summed E-state index contributed by atoms with van der Waals surface area (Å²) in [5.74, 6) is -1.13. The zero-order valence-electron chi connectivity index (χ0n) is 11.1. The van der Waals surface area contributed by atoms with E-state index in [9.17, 15) is 22.8 Å². The van der Waals surface area contributed by atoms with Crippen molar-refractivity contribution in [3.05, 3.63) is 16.1 Å². The average molecular weight is 325 g/mol. The van der Waals surface area contributed by atoms with Crippen LogP contribution >= 0.6 is 11.3 Å². The van der Waals surface area contributed by atoms with Gasteiger partial charge in [0.05, 0.1) is 11.4 Å². The average Bonchev–Trinajstić information content (AvgIpc) is 2.83. The molecule has 1 aromatic heterocycles. The first-order chi connectivity index (χ1) is 9.69. The van der Waals surface area contributed by atoms with Gasteiger partial charge in [0, 0.05) is 31.9 Å². The summed E-state index contributed by atoms with van der Waals surface area (Å²) < 4.78 is 36.0. The number of carboxylic acid groups (broad SMARTS) is 1. The first-order valence-corrected chi connectivity index (χ1v) is 6.80. The molecule has 0 spiro atoms. The fourth-order valence-corrected chi connectivity index (χ4v) is 2.10. The zero-order chi connectivity index (χ0) is 16.0. The number of carbonyl (C=O) groups excluding carboxylic acids is 1. The Bertz CT molecular complexity index is 504. The van der Waals surface area contributed by atoms with Crippen LogP contribution in [0.15, 0.2) is 5.38 Å². The van der Waals surface area contributed by atoms with Crippen LogP contribution in [0, 0.1) is 0 Å². The molecule has 0 saturated carbocycles. The summed E-state index contributed by atoms with van der Waals surface area (Å²) in [5, 5.41) is 13.0. The van der Waals surface area contributed by atoms with Crippen molar-refractivity contribution in [2.45, 2.75) is 19.0 Å². The summed E-state index contributed by atoms with van der Waals surface area (Å²) in [7, 11) is 1.27. The second-order valence-corrected chi connectivity index (χ2v) is 5.14. The third-order valence-corrected chi connectivity index (χ3v) is 3.37. The van der Waals surface area contributed by atoms with Gasteiger partial charge in [0.15, 0.2) is 5.69 Å². The maximum atomic E-state index is 12.0. The van der Waals surface area contributed by atoms with Crippen LogP contribution < -0.4 is 5.32 Å². The van der Waals surface area contributed by atoms with Crippen molar-refractivity contribution < 1.29 is 27.9 Å². The molecule has 0 saturated heterocycles. The SMILES string of the molecule is CN(CCC(F)(F)F)C(=O)NCCc1nc(C(=O)O)cs1. The molecule has 118 valence electrons. The molecule has 21 heavy (non-hydrogen) atoms. The Morgan fingerprint density at radius 2 is 2.14 bits per heavy atom. The number of carbonyl (C=O) groups is 2. The summed E-state index contributed by atoms with van der Waals surface area (Å²) in [6, 6.07) is -0.616. The van der Waals surface area contributed by atoms with Crippen LogP contribution in [0.3, 0.4) is 0 Å². The molecule has 1 rings (SSSR count). The highest BCUT2D eigenvalue weighted by atomic mass is 32.1. The van der Waals surface area contributed by atoms with E-state index in [1.807, 2.05) is 0 Å². The molecule has 0 radical (unpaired) electrons. The fourth-order valence-electron chi connectivity index (χ4n) is 1.33. The van der Waals surface area contributed by atoms with Crippen LogP contribution in [0.2, 0.25) is 0 Å². The van der Waals surface area contributed by atoms with Crippen LogP contribution in [0.4, 0.5) is 18.0 Å². The van der Waals surface area contributed by atoms with Gasteiger partial charge in [0.2, 0.25) is 0 Å². The third kappa shape index (κ3) is 6.43. The molecule has 0 aliphatic carbocycles. The lowest BCUT2D eigenvalue weighted by Gasteiger charge is -2.18. The highest BCUT2D eigenvalue weighted by molar-refractivity contribution is 7.09. The minimum atomic E-state index is -4.30. The Labute approximate surface area is 122 Å². The molecule has 0 unspecified atom stereocenters. The number of urea groups is 1. The molecule has 6 nitrogen and oxygen atoms in total. The highest BCUT2D eigenvalue weighted by Crippen LogP contribution is 2.19. The third-order valence-electron chi connectivity index (χ3n) is 2.46. The Kier molecular flexibility index (Phi) is 5.94. The Morgan fingerprint density at radius 1 is 1.48 bits per heavy atom. The Morgan fingerprint density at radius 3 is 2.67 bits per heavy atom. The first kappa shape index (κ1) is 17.2. The topological polar surface area (TPSA) is 82.5 Å². The molecule has 1 aromatic rings. The van der Waals surface area contributed by atoms with Gasteiger partial charge >= 0.3 is 18.2 Å². The van der Waals surface area contributed by atoms with Crippen molar-refractivity contribution in [2.24, 2.45) is 0 Å². The summed E-state index contributed by atoms with van der Waals surface area (Å²) >= 11 is 1.15. The van der Waals surface area contributed by atoms with Crippen LogP contribution in [0.5, 0.6) is 0 Å². The Balaban J connectivity index is 2.30. The Hall–Kier alpha value is -1.84. The number of aromatic nitrogens is 1. The van der Waals surface area contributed by atoms with Crippen LogP contribution in [0.25, 0.3) is 0 Å². The van der Waals surface area contributed by atoms with Gasteiger partial charge in [-0.1, -0.05) is 0 Å². The maximum Gasteiger partial charge on any atom is 0.390 e. The number of hydrogen-bond donors (Lipinski definition) is 2. The summed E-state index contributed by atoms with van der Waals surface area (Å²) in [5.41, 5.74) is -0.0661. The van der Waals surface area contributed by atoms with Crippen molar-refractivity contribution in [2.75, 3.05) is 20.1 Å². The van der Waals surface area contributed by atoms with Gasteiger partial charge in [-0.05, 0) is 0 Å². The minimum Gasteiger partial charge on any atom is -0.476 e. The van der Waals surface area contributed by atoms with E-state index < -0.39 is 31.1 Å². The van der Waals surface area contributed by atoms with Gasteiger partial charge in [-0.15, -0.1) is 11.3 Å². The number of carboxylic acids is 1. The van der Waals surface area contributed by atoms with E-state index in [0.29, 0.717) is 11.4 Å². The van der Waals surface area contributed by atoms with Crippen molar-refractivity contribution >= 4 is 23.3 Å². The molecule has 2 N–H and O–H groups in total. The van der Waals surface area contributed by atoms with Crippen molar-refractivity contribution in [3.8, 4) is 0 Å². The monoisotopic (exact) mass is 325 g/mol. The van der Waals surface area contributed by atoms with Crippen LogP contribution in [-0.4, -0.2) is 53.3 Å². The number of aromatic carboxylic acids is 1. The molecule has 0 aliphatic heterocycles. The van der Waals surface area contributed by atoms with E-state index in [2.05, 4.69) is 10.3 Å². The number of nitrogens with one attached hydrogen (secondary N) is 1. The minimum absolute atomic E-state index is 0.0661. The van der Waals surface area contributed by atoms with E-state index in [0.717, 1.165) is 16.2 Å². The largest absolute Gasteiger partial charge is 0.476 e. The van der Waals surface area contributed by atoms with Gasteiger partial charge < -0.3 is 15.3 Å². The standard InChI is InChI=1S/C11H14F3N3O3S/c1-17(5-3-11(12,13)14)10(20)15-4-2-8-16-7(6-21-8)9(18)19/h6H,2-5H2,1H3,(H,15,20)(H,18,19). The number of amides is 2. The molecule has 1 heterocycles. The molecule has 0 bridgehead atoms. The van der Waals surface area contributed by atoms with Gasteiger partial charge in [-0.25, -0.2) is 14.6 Å². The predicted octanol–water partition coefficient (Wildman–Crippen LogP) is 1.98. The van der Waals surface area contributed by atoms with Crippen LogP contribution in [-0.2, 0) is 6.42 Å². The lowest BCUT2D eigenvalue weighted by molar-refractivity contribution is -0.136. The van der Waals surface area contributed by atoms with Crippen molar-refractivity contribution in [3.63, 3.8) is 0 Å². The van der Waals surface area contributed by atoms with E-state index in [1.54, 1.807) is 0 Å². The second-order valence-electron chi connectivity index (χ2n) is 4.20. The molecule has 2 amide bonds. The van der Waals surface area contributed by atoms with Gasteiger partial charge in [0.25, 0.3) is 0 Å². The summed E-state index contributed by atoms with van der Waals surface area (Å²) in [6.45, 7) is -0.252. The molecular weight excluding hydrogens is 311 g/mol. The molecule has 0 atom stereocenters. The van der Waals surface area contributed by atoms with E-state index >= 15 is 0 Å². The highest BCUT2D eigenvalue weighted by Gasteiger charge is 2.27. The predicted molar refractivity (Wildman–Crippen MR) is 69.5 cm³/mol. The van der Waals surface area contributed by atoms with Gasteiger partial charge in [-0.3, -0.25) is 0 Å².